The molecule has 0 fully saturated rings. The largest absolute Gasteiger partial charge is 0.496 e. The number of rotatable bonds is 7. The summed E-state index contributed by atoms with van der Waals surface area (Å²) in [5, 5.41) is 10.6. The van der Waals surface area contributed by atoms with E-state index in [4.69, 9.17) is 14.2 Å². The zero-order chi connectivity index (χ0) is 24.2. The van der Waals surface area contributed by atoms with Gasteiger partial charge in [0.05, 0.1) is 36.1 Å². The van der Waals surface area contributed by atoms with Crippen LogP contribution < -0.4 is 29.0 Å². The summed E-state index contributed by atoms with van der Waals surface area (Å²) in [6, 6.07) is 13.4. The molecule has 0 atom stereocenters. The van der Waals surface area contributed by atoms with Crippen molar-refractivity contribution >= 4 is 44.5 Å². The Labute approximate surface area is 203 Å². The van der Waals surface area contributed by atoms with E-state index in [1.54, 1.807) is 50.2 Å². The standard InChI is InChI=1S/C25H21N3O4S2/c1-5-10-28-24(29)22(12-15-11-19(31-3)20(32-4)13-18(15)30-2)34-25(28)16(14-26)23-27-17-8-6-7-9-21(17)33-23/h5-9,11-13H,1,10H2,2-4H3/b22-12-,25-16-. The van der Waals surface area contributed by atoms with Gasteiger partial charge in [0.1, 0.15) is 27.1 Å². The molecule has 0 spiro atoms. The highest BCUT2D eigenvalue weighted by atomic mass is 32.1. The maximum atomic E-state index is 13.3. The third kappa shape index (κ3) is 4.21. The average molecular weight is 492 g/mol. The molecule has 0 amide bonds. The normalized spacial score (nSPS) is 12.4. The van der Waals surface area contributed by atoms with E-state index in [2.05, 4.69) is 17.6 Å². The number of fused-ring (bicyclic) bond motifs is 1. The fourth-order valence-corrected chi connectivity index (χ4v) is 5.60. The van der Waals surface area contributed by atoms with E-state index in [-0.39, 0.29) is 12.1 Å². The van der Waals surface area contributed by atoms with Crippen molar-refractivity contribution in [1.82, 2.24) is 9.55 Å². The Morgan fingerprint density at radius 1 is 1.12 bits per heavy atom. The van der Waals surface area contributed by atoms with Crippen LogP contribution in [0.5, 0.6) is 17.2 Å². The second kappa shape index (κ2) is 9.95. The van der Waals surface area contributed by atoms with Gasteiger partial charge >= 0.3 is 0 Å². The molecule has 9 heteroatoms. The third-order valence-electron chi connectivity index (χ3n) is 5.08. The highest BCUT2D eigenvalue weighted by Crippen LogP contribution is 2.35. The van der Waals surface area contributed by atoms with Crippen LogP contribution in [-0.2, 0) is 6.54 Å². The van der Waals surface area contributed by atoms with E-state index in [0.717, 1.165) is 10.2 Å². The quantitative estimate of drug-likeness (QED) is 0.369. The van der Waals surface area contributed by atoms with Crippen molar-refractivity contribution in [3.63, 3.8) is 0 Å². The molecule has 0 bridgehead atoms. The van der Waals surface area contributed by atoms with E-state index < -0.39 is 0 Å². The Morgan fingerprint density at radius 3 is 2.47 bits per heavy atom. The van der Waals surface area contributed by atoms with Crippen LogP contribution in [0.4, 0.5) is 0 Å². The number of benzene rings is 2. The van der Waals surface area contributed by atoms with Crippen molar-refractivity contribution in [2.75, 3.05) is 21.3 Å². The van der Waals surface area contributed by atoms with Gasteiger partial charge in [0, 0.05) is 18.2 Å². The van der Waals surface area contributed by atoms with Crippen LogP contribution in [0.1, 0.15) is 10.6 Å². The minimum Gasteiger partial charge on any atom is -0.496 e. The van der Waals surface area contributed by atoms with Crippen LogP contribution in [0.3, 0.4) is 0 Å². The van der Waals surface area contributed by atoms with Crippen LogP contribution in [0, 0.1) is 11.3 Å². The lowest BCUT2D eigenvalue weighted by Crippen LogP contribution is -2.31. The minimum absolute atomic E-state index is 0.231. The molecular weight excluding hydrogens is 470 g/mol. The molecule has 2 aromatic carbocycles. The molecule has 0 unspecified atom stereocenters. The highest BCUT2D eigenvalue weighted by Gasteiger charge is 2.16. The molecule has 0 aliphatic rings. The average Bonchev–Trinajstić information content (AvgIpc) is 3.41. The second-order valence-electron chi connectivity index (χ2n) is 7.04. The van der Waals surface area contributed by atoms with Gasteiger partial charge in [0.2, 0.25) is 0 Å². The molecule has 172 valence electrons. The van der Waals surface area contributed by atoms with Crippen LogP contribution in [0.25, 0.3) is 21.9 Å². The number of para-hydroxylation sites is 1. The highest BCUT2D eigenvalue weighted by molar-refractivity contribution is 7.19. The molecule has 0 saturated heterocycles. The summed E-state index contributed by atoms with van der Waals surface area (Å²) in [6.45, 7) is 4.03. The summed E-state index contributed by atoms with van der Waals surface area (Å²) >= 11 is 2.65. The lowest BCUT2D eigenvalue weighted by Gasteiger charge is -2.11. The number of thiazole rings is 2. The zero-order valence-electron chi connectivity index (χ0n) is 18.8. The molecule has 34 heavy (non-hydrogen) atoms. The van der Waals surface area contributed by atoms with Gasteiger partial charge in [-0.1, -0.05) is 18.2 Å². The Kier molecular flexibility index (Phi) is 6.82. The molecule has 0 saturated carbocycles. The fraction of sp³-hybridized carbons (Fsp3) is 0.160. The van der Waals surface area contributed by atoms with Crippen LogP contribution in [-0.4, -0.2) is 30.9 Å². The number of aromatic nitrogens is 2. The van der Waals surface area contributed by atoms with Crippen molar-refractivity contribution in [2.45, 2.75) is 6.54 Å². The van der Waals surface area contributed by atoms with Crippen molar-refractivity contribution in [3.05, 3.63) is 79.2 Å². The van der Waals surface area contributed by atoms with E-state index >= 15 is 0 Å². The molecule has 2 heterocycles. The topological polar surface area (TPSA) is 86.4 Å². The van der Waals surface area contributed by atoms with Crippen molar-refractivity contribution in [3.8, 4) is 23.3 Å². The summed E-state index contributed by atoms with van der Waals surface area (Å²) in [7, 11) is 4.63. The van der Waals surface area contributed by atoms with Crippen LogP contribution in [0.2, 0.25) is 0 Å². The van der Waals surface area contributed by atoms with Gasteiger partial charge < -0.3 is 14.2 Å². The summed E-state index contributed by atoms with van der Waals surface area (Å²) in [5.74, 6) is 1.55. The van der Waals surface area contributed by atoms with E-state index in [1.165, 1.54) is 22.7 Å². The molecule has 0 N–H and O–H groups in total. The van der Waals surface area contributed by atoms with E-state index in [0.29, 0.717) is 42.6 Å². The van der Waals surface area contributed by atoms with Gasteiger partial charge in [-0.3, -0.25) is 9.36 Å². The molecule has 0 aliphatic heterocycles. The number of nitrogens with zero attached hydrogens (tertiary/aromatic N) is 3. The smallest absolute Gasteiger partial charge is 0.269 e. The molecule has 0 aliphatic carbocycles. The Bertz CT molecular complexity index is 1570. The number of ether oxygens (including phenoxy) is 3. The molecule has 0 radical (unpaired) electrons. The Morgan fingerprint density at radius 2 is 1.82 bits per heavy atom. The first-order valence-electron chi connectivity index (χ1n) is 10.2. The second-order valence-corrected chi connectivity index (χ2v) is 9.10. The summed E-state index contributed by atoms with van der Waals surface area (Å²) in [4.78, 5) is 18.0. The van der Waals surface area contributed by atoms with Gasteiger partial charge in [0.25, 0.3) is 5.56 Å². The SMILES string of the molecule is C=CCn1c(=O)/c(=C/c2cc(OC)c(OC)cc2OC)s/c1=C(/C#N)c1nc2ccccc2s1. The number of hydrogen-bond acceptors (Lipinski definition) is 8. The molecule has 4 rings (SSSR count). The van der Waals surface area contributed by atoms with Crippen molar-refractivity contribution in [2.24, 2.45) is 0 Å². The maximum Gasteiger partial charge on any atom is 0.269 e. The number of nitriles is 1. The van der Waals surface area contributed by atoms with E-state index in [9.17, 15) is 10.1 Å². The summed E-state index contributed by atoms with van der Waals surface area (Å²) in [6.07, 6.45) is 3.36. The lowest BCUT2D eigenvalue weighted by molar-refractivity contribution is 0.348. The Hall–Kier alpha value is -3.87. The number of allylic oxidation sites excluding steroid dienone is 1. The third-order valence-corrected chi connectivity index (χ3v) is 7.26. The molecule has 7 nitrogen and oxygen atoms in total. The van der Waals surface area contributed by atoms with Gasteiger partial charge in [-0.05, 0) is 24.3 Å². The van der Waals surface area contributed by atoms with Gasteiger partial charge in [-0.15, -0.1) is 29.3 Å². The molecular formula is C25H21N3O4S2. The van der Waals surface area contributed by atoms with Gasteiger partial charge in [0.15, 0.2) is 11.5 Å². The first-order chi connectivity index (χ1) is 16.5. The molecule has 2 aromatic heterocycles. The minimum atomic E-state index is -0.231. The van der Waals surface area contributed by atoms with Crippen molar-refractivity contribution in [1.29, 1.82) is 5.26 Å². The van der Waals surface area contributed by atoms with Crippen LogP contribution >= 0.6 is 22.7 Å². The Balaban J connectivity index is 2.01. The number of hydrogen-bond donors (Lipinski definition) is 0. The van der Waals surface area contributed by atoms with Gasteiger partial charge in [-0.2, -0.15) is 5.26 Å². The maximum absolute atomic E-state index is 13.3. The zero-order valence-corrected chi connectivity index (χ0v) is 20.5. The predicted molar refractivity (Wildman–Crippen MR) is 135 cm³/mol. The summed E-state index contributed by atoms with van der Waals surface area (Å²) < 4.78 is 19.7. The summed E-state index contributed by atoms with van der Waals surface area (Å²) in [5.41, 5.74) is 1.58. The van der Waals surface area contributed by atoms with Gasteiger partial charge in [-0.25, -0.2) is 4.98 Å². The fourth-order valence-electron chi connectivity index (χ4n) is 3.47. The lowest BCUT2D eigenvalue weighted by atomic mass is 10.1. The van der Waals surface area contributed by atoms with Crippen LogP contribution in [0.15, 0.2) is 53.8 Å². The predicted octanol–water partition coefficient (Wildman–Crippen LogP) is 3.28. The molecule has 4 aromatic rings. The monoisotopic (exact) mass is 491 g/mol. The van der Waals surface area contributed by atoms with E-state index in [1.807, 2.05) is 24.3 Å². The number of methoxy groups -OCH3 is 3. The first kappa shape index (κ1) is 23.3. The van der Waals surface area contributed by atoms with Crippen molar-refractivity contribution < 1.29 is 14.2 Å². The first-order valence-corrected chi connectivity index (χ1v) is 11.8.